The zero-order chi connectivity index (χ0) is 27.5. The van der Waals surface area contributed by atoms with E-state index in [9.17, 15) is 33.9 Å². The molecular formula is C24H24N6O7. The summed E-state index contributed by atoms with van der Waals surface area (Å²) in [4.78, 5) is 85.4. The number of amides is 4. The van der Waals surface area contributed by atoms with Crippen LogP contribution >= 0.6 is 0 Å². The summed E-state index contributed by atoms with van der Waals surface area (Å²) in [5, 5.41) is 9.41. The Bertz CT molecular complexity index is 1690. The zero-order valence-corrected chi connectivity index (χ0v) is 21.0. The second kappa shape index (κ2) is 8.69. The van der Waals surface area contributed by atoms with E-state index < -0.39 is 46.0 Å². The molecule has 0 bridgehead atoms. The van der Waals surface area contributed by atoms with Gasteiger partial charge in [0.2, 0.25) is 0 Å². The van der Waals surface area contributed by atoms with Crippen molar-refractivity contribution in [3.05, 3.63) is 66.6 Å². The Balaban J connectivity index is 2.43. The van der Waals surface area contributed by atoms with Crippen molar-refractivity contribution in [3.8, 4) is 0 Å². The predicted octanol–water partition coefficient (Wildman–Crippen LogP) is -2.00. The van der Waals surface area contributed by atoms with Crippen molar-refractivity contribution in [2.45, 2.75) is 13.8 Å². The van der Waals surface area contributed by atoms with Gasteiger partial charge in [-0.2, -0.15) is 0 Å². The molecule has 0 radical (unpaired) electrons. The van der Waals surface area contributed by atoms with Crippen molar-refractivity contribution in [1.82, 2.24) is 23.9 Å². The van der Waals surface area contributed by atoms with Gasteiger partial charge in [-0.15, -0.1) is 0 Å². The summed E-state index contributed by atoms with van der Waals surface area (Å²) in [5.41, 5.74) is -1.91. The molecule has 0 unspecified atom stereocenters. The number of urea groups is 1. The first kappa shape index (κ1) is 25.3. The number of aryl methyl sites for hydroxylation is 1. The molecule has 0 spiro atoms. The molecule has 37 heavy (non-hydrogen) atoms. The van der Waals surface area contributed by atoms with Gasteiger partial charge in [0, 0.05) is 57.8 Å². The van der Waals surface area contributed by atoms with E-state index in [0.717, 1.165) is 23.2 Å². The Hall–Kier alpha value is -4.81. The van der Waals surface area contributed by atoms with E-state index in [2.05, 4.69) is 4.98 Å². The monoisotopic (exact) mass is 508 g/mol. The van der Waals surface area contributed by atoms with Gasteiger partial charge < -0.3 is 10.0 Å². The van der Waals surface area contributed by atoms with Gasteiger partial charge >= 0.3 is 17.7 Å². The van der Waals surface area contributed by atoms with Gasteiger partial charge in [0.05, 0.1) is 16.1 Å². The fourth-order valence-electron chi connectivity index (χ4n) is 4.45. The fraction of sp³-hybridized carbons (Fsp3) is 0.292. The van der Waals surface area contributed by atoms with Crippen LogP contribution in [0.25, 0.3) is 11.1 Å². The molecule has 2 aromatic rings. The van der Waals surface area contributed by atoms with Crippen LogP contribution in [0, 0.1) is 6.92 Å². The summed E-state index contributed by atoms with van der Waals surface area (Å²) in [6, 6.07) is 2.33. The summed E-state index contributed by atoms with van der Waals surface area (Å²) in [7, 11) is 4.77. The number of aromatic nitrogens is 3. The average Bonchev–Trinajstić information content (AvgIpc) is 2.87. The third-order valence-electron chi connectivity index (χ3n) is 6.44. The Morgan fingerprint density at radius 2 is 1.51 bits per heavy atom. The van der Waals surface area contributed by atoms with E-state index in [0.29, 0.717) is 27.9 Å². The summed E-state index contributed by atoms with van der Waals surface area (Å²) in [6.45, 7) is 3.90. The smallest absolute Gasteiger partial charge is 0.337 e. The molecule has 192 valence electrons. The van der Waals surface area contributed by atoms with Crippen LogP contribution < -0.4 is 26.7 Å². The highest BCUT2D eigenvalue weighted by Crippen LogP contribution is 2.34. The average molecular weight is 508 g/mol. The largest absolute Gasteiger partial charge is 0.478 e. The highest BCUT2D eigenvalue weighted by atomic mass is 16.4. The van der Waals surface area contributed by atoms with E-state index in [4.69, 9.17) is 0 Å². The fourth-order valence-corrected chi connectivity index (χ4v) is 4.45. The van der Waals surface area contributed by atoms with Gasteiger partial charge in [-0.25, -0.2) is 19.4 Å². The number of carbonyl (C=O) groups excluding carboxylic acids is 3. The SMILES string of the molecule is CCN1C=C(C(=O)O)/C(=c2/c(=O)n(C)c(=O)n(C)c2=C2C(=O)N(C)C(=O)N(C)C2=O)c2ccc(C)nc21. The summed E-state index contributed by atoms with van der Waals surface area (Å²) in [5.74, 6) is -3.09. The van der Waals surface area contributed by atoms with Crippen molar-refractivity contribution in [1.29, 1.82) is 0 Å². The number of fused-ring (bicyclic) bond motifs is 1. The van der Waals surface area contributed by atoms with Crippen LogP contribution in [-0.4, -0.2) is 73.5 Å². The van der Waals surface area contributed by atoms with Crippen molar-refractivity contribution < 1.29 is 24.3 Å². The number of hydrogen-bond acceptors (Lipinski definition) is 8. The molecule has 1 saturated heterocycles. The quantitative estimate of drug-likeness (QED) is 0.485. The third kappa shape index (κ3) is 3.58. The van der Waals surface area contributed by atoms with Gasteiger partial charge in [-0.3, -0.25) is 33.3 Å². The Kier molecular flexibility index (Phi) is 5.94. The molecule has 13 nitrogen and oxygen atoms in total. The minimum Gasteiger partial charge on any atom is -0.478 e. The lowest BCUT2D eigenvalue weighted by atomic mass is 9.92. The van der Waals surface area contributed by atoms with Crippen LogP contribution in [-0.2, 0) is 28.5 Å². The number of nitrogens with zero attached hydrogens (tertiary/aromatic N) is 6. The Morgan fingerprint density at radius 3 is 2.05 bits per heavy atom. The minimum atomic E-state index is -1.38. The Morgan fingerprint density at radius 1 is 0.919 bits per heavy atom. The summed E-state index contributed by atoms with van der Waals surface area (Å²) in [6.07, 6.45) is 1.32. The molecule has 2 aliphatic rings. The Labute approximate surface area is 209 Å². The minimum absolute atomic E-state index is 0.110. The predicted molar refractivity (Wildman–Crippen MR) is 131 cm³/mol. The first-order valence-corrected chi connectivity index (χ1v) is 11.2. The highest BCUT2D eigenvalue weighted by molar-refractivity contribution is 6.45. The van der Waals surface area contributed by atoms with Crippen LogP contribution in [0.3, 0.4) is 0 Å². The normalized spacial score (nSPS) is 17.4. The van der Waals surface area contributed by atoms with Gasteiger partial charge in [-0.05, 0) is 26.0 Å². The standard InChI is InChI=1S/C24H24N6O7/c1-7-30-10-13(22(34)35)14(12-9-8-11(2)25-18(12)30)15-17(26(3)23(36)27(4)19(15)31)16-20(32)28(5)24(37)29(6)21(16)33/h8-10H,7H2,1-6H3,(H,34,35)/b15-14+. The van der Waals surface area contributed by atoms with Crippen LogP contribution in [0.2, 0.25) is 0 Å². The lowest BCUT2D eigenvalue weighted by molar-refractivity contribution is -0.133. The van der Waals surface area contributed by atoms with Crippen LogP contribution in [0.5, 0.6) is 0 Å². The molecule has 4 heterocycles. The highest BCUT2D eigenvalue weighted by Gasteiger charge is 2.40. The number of hydrogen-bond donors (Lipinski definition) is 1. The second-order valence-electron chi connectivity index (χ2n) is 8.65. The number of carboxylic acids is 1. The van der Waals surface area contributed by atoms with Crippen LogP contribution in [0.4, 0.5) is 10.6 Å². The molecule has 1 N–H and O–H groups in total. The number of carboxylic acid groups (broad SMARTS) is 1. The van der Waals surface area contributed by atoms with E-state index in [1.54, 1.807) is 30.9 Å². The number of rotatable bonds is 2. The molecule has 0 saturated carbocycles. The van der Waals surface area contributed by atoms with E-state index in [-0.39, 0.29) is 21.9 Å². The number of pyridine rings is 1. The first-order valence-electron chi connectivity index (χ1n) is 11.2. The molecule has 4 rings (SSSR count). The second-order valence-corrected chi connectivity index (χ2v) is 8.65. The van der Waals surface area contributed by atoms with E-state index in [1.807, 2.05) is 0 Å². The molecule has 0 atom stereocenters. The van der Waals surface area contributed by atoms with Crippen molar-refractivity contribution in [2.75, 3.05) is 25.5 Å². The first-order chi connectivity index (χ1) is 17.3. The van der Waals surface area contributed by atoms with Gasteiger partial charge in [0.25, 0.3) is 17.4 Å². The topological polar surface area (TPSA) is 155 Å². The zero-order valence-electron chi connectivity index (χ0n) is 21.0. The van der Waals surface area contributed by atoms with Crippen molar-refractivity contribution >= 4 is 40.8 Å². The molecule has 2 aromatic heterocycles. The van der Waals surface area contributed by atoms with Gasteiger partial charge in [0.15, 0.2) is 0 Å². The van der Waals surface area contributed by atoms with Gasteiger partial charge in [0.1, 0.15) is 11.4 Å². The number of carbonyl (C=O) groups is 4. The maximum absolute atomic E-state index is 13.7. The molecule has 0 aromatic carbocycles. The number of imide groups is 2. The lowest BCUT2D eigenvalue weighted by Crippen LogP contribution is -2.63. The number of barbiturate groups is 1. The maximum Gasteiger partial charge on any atom is 0.337 e. The molecule has 2 aliphatic heterocycles. The molecular weight excluding hydrogens is 484 g/mol. The van der Waals surface area contributed by atoms with E-state index in [1.165, 1.54) is 20.3 Å². The molecule has 13 heteroatoms. The van der Waals surface area contributed by atoms with Crippen molar-refractivity contribution in [2.24, 2.45) is 14.1 Å². The lowest BCUT2D eigenvalue weighted by Gasteiger charge is -2.30. The molecule has 0 aliphatic carbocycles. The molecule has 4 amide bonds. The van der Waals surface area contributed by atoms with Crippen molar-refractivity contribution in [3.63, 3.8) is 0 Å². The van der Waals surface area contributed by atoms with Crippen LogP contribution in [0.1, 0.15) is 18.2 Å². The third-order valence-corrected chi connectivity index (χ3v) is 6.44. The number of anilines is 1. The molecule has 1 fully saturated rings. The maximum atomic E-state index is 13.7. The van der Waals surface area contributed by atoms with Gasteiger partial charge in [-0.1, -0.05) is 0 Å². The van der Waals surface area contributed by atoms with E-state index >= 15 is 0 Å². The summed E-state index contributed by atoms with van der Waals surface area (Å²) < 4.78 is 1.69. The number of aliphatic carboxylic acids is 1. The summed E-state index contributed by atoms with van der Waals surface area (Å²) >= 11 is 0. The van der Waals surface area contributed by atoms with Crippen LogP contribution in [0.15, 0.2) is 33.5 Å².